The second-order valence-corrected chi connectivity index (χ2v) is 6.56. The van der Waals surface area contributed by atoms with Gasteiger partial charge in [0.15, 0.2) is 0 Å². The molecule has 1 aromatic rings. The molecule has 2 amide bonds. The van der Waals surface area contributed by atoms with Gasteiger partial charge in [0.2, 0.25) is 0 Å². The normalized spacial score (nSPS) is 21.0. The largest absolute Gasteiger partial charge is 0.396 e. The van der Waals surface area contributed by atoms with Crippen LogP contribution in [0.4, 0.5) is 10.5 Å². The number of nitrogens with one attached hydrogen (secondary N) is 1. The van der Waals surface area contributed by atoms with Crippen LogP contribution < -0.4 is 5.32 Å². The van der Waals surface area contributed by atoms with Gasteiger partial charge >= 0.3 is 6.03 Å². The van der Waals surface area contributed by atoms with Crippen LogP contribution in [-0.4, -0.2) is 35.7 Å². The topological polar surface area (TPSA) is 52.6 Å². The van der Waals surface area contributed by atoms with Crippen molar-refractivity contribution < 1.29 is 9.90 Å². The number of nitrogens with zero attached hydrogens (tertiary/aromatic N) is 1. The Morgan fingerprint density at radius 3 is 2.22 bits per heavy atom. The minimum atomic E-state index is -0.0203. The SMILES string of the molecule is CCc1cccc(CC)c1NC(=O)N(C)C1CCC(CO)CC1. The van der Waals surface area contributed by atoms with Gasteiger partial charge < -0.3 is 15.3 Å². The van der Waals surface area contributed by atoms with E-state index in [4.69, 9.17) is 0 Å². The highest BCUT2D eigenvalue weighted by Gasteiger charge is 2.26. The van der Waals surface area contributed by atoms with Gasteiger partial charge in [-0.3, -0.25) is 0 Å². The van der Waals surface area contributed by atoms with E-state index in [0.717, 1.165) is 44.2 Å². The lowest BCUT2D eigenvalue weighted by Gasteiger charge is -2.34. The molecule has 0 heterocycles. The van der Waals surface area contributed by atoms with Gasteiger partial charge in [0.1, 0.15) is 0 Å². The second kappa shape index (κ2) is 8.34. The molecule has 0 atom stereocenters. The van der Waals surface area contributed by atoms with Crippen molar-refractivity contribution in [3.63, 3.8) is 0 Å². The molecule has 23 heavy (non-hydrogen) atoms. The molecule has 4 nitrogen and oxygen atoms in total. The number of aryl methyl sites for hydroxylation is 2. The maximum Gasteiger partial charge on any atom is 0.321 e. The lowest BCUT2D eigenvalue weighted by atomic mass is 9.86. The zero-order valence-corrected chi connectivity index (χ0v) is 14.6. The van der Waals surface area contributed by atoms with E-state index < -0.39 is 0 Å². The summed E-state index contributed by atoms with van der Waals surface area (Å²) in [5.74, 6) is 0.412. The molecule has 0 aromatic heterocycles. The summed E-state index contributed by atoms with van der Waals surface area (Å²) in [7, 11) is 1.89. The average molecular weight is 318 g/mol. The van der Waals surface area contributed by atoms with Crippen molar-refractivity contribution in [1.82, 2.24) is 4.90 Å². The molecule has 1 aromatic carbocycles. The molecule has 0 saturated heterocycles. The first-order chi connectivity index (χ1) is 11.1. The van der Waals surface area contributed by atoms with E-state index in [1.165, 1.54) is 11.1 Å². The second-order valence-electron chi connectivity index (χ2n) is 6.56. The Morgan fingerprint density at radius 2 is 1.74 bits per heavy atom. The Bertz CT molecular complexity index is 500. The van der Waals surface area contributed by atoms with Crippen molar-refractivity contribution in [3.05, 3.63) is 29.3 Å². The van der Waals surface area contributed by atoms with Gasteiger partial charge in [-0.1, -0.05) is 32.0 Å². The van der Waals surface area contributed by atoms with Gasteiger partial charge in [-0.2, -0.15) is 0 Å². The smallest absolute Gasteiger partial charge is 0.321 e. The standard InChI is InChI=1S/C19H30N2O2/c1-4-15-7-6-8-16(5-2)18(15)20-19(23)21(3)17-11-9-14(13-22)10-12-17/h6-8,14,17,22H,4-5,9-13H2,1-3H3,(H,20,23). The summed E-state index contributed by atoms with van der Waals surface area (Å²) in [5.41, 5.74) is 3.36. The molecule has 128 valence electrons. The summed E-state index contributed by atoms with van der Waals surface area (Å²) in [6, 6.07) is 6.49. The summed E-state index contributed by atoms with van der Waals surface area (Å²) in [5, 5.41) is 12.4. The van der Waals surface area contributed by atoms with Crippen molar-refractivity contribution in [3.8, 4) is 0 Å². The summed E-state index contributed by atoms with van der Waals surface area (Å²) < 4.78 is 0. The molecule has 1 saturated carbocycles. The molecule has 2 N–H and O–H groups in total. The van der Waals surface area contributed by atoms with Gasteiger partial charge in [-0.15, -0.1) is 0 Å². The Kier molecular flexibility index (Phi) is 6.46. The maximum absolute atomic E-state index is 12.7. The van der Waals surface area contributed by atoms with Crippen LogP contribution in [0.1, 0.15) is 50.7 Å². The number of urea groups is 1. The van der Waals surface area contributed by atoms with E-state index in [2.05, 4.69) is 37.4 Å². The van der Waals surface area contributed by atoms with Crippen LogP contribution >= 0.6 is 0 Å². The number of rotatable bonds is 5. The molecule has 0 unspecified atom stereocenters. The van der Waals surface area contributed by atoms with Crippen molar-refractivity contribution in [1.29, 1.82) is 0 Å². The van der Waals surface area contributed by atoms with E-state index in [-0.39, 0.29) is 18.7 Å². The molecular formula is C19H30N2O2. The number of benzene rings is 1. The fourth-order valence-corrected chi connectivity index (χ4v) is 3.48. The number of anilines is 1. The molecule has 1 fully saturated rings. The monoisotopic (exact) mass is 318 g/mol. The van der Waals surface area contributed by atoms with E-state index >= 15 is 0 Å². The van der Waals surface area contributed by atoms with Crippen molar-refractivity contribution >= 4 is 11.7 Å². The third kappa shape index (κ3) is 4.25. The van der Waals surface area contributed by atoms with E-state index in [0.29, 0.717) is 5.92 Å². The summed E-state index contributed by atoms with van der Waals surface area (Å²) in [6.07, 6.45) is 5.79. The maximum atomic E-state index is 12.7. The minimum absolute atomic E-state index is 0.0203. The lowest BCUT2D eigenvalue weighted by Crippen LogP contribution is -2.42. The van der Waals surface area contributed by atoms with Crippen LogP contribution in [0.2, 0.25) is 0 Å². The zero-order chi connectivity index (χ0) is 16.8. The van der Waals surface area contributed by atoms with Gasteiger partial charge in [0.25, 0.3) is 0 Å². The number of aliphatic hydroxyl groups excluding tert-OH is 1. The number of aliphatic hydroxyl groups is 1. The number of para-hydroxylation sites is 1. The Hall–Kier alpha value is -1.55. The average Bonchev–Trinajstić information content (AvgIpc) is 2.61. The van der Waals surface area contributed by atoms with Gasteiger partial charge in [-0.05, 0) is 55.6 Å². The molecular weight excluding hydrogens is 288 g/mol. The number of hydrogen-bond donors (Lipinski definition) is 2. The van der Waals surface area contributed by atoms with Crippen LogP contribution in [0.25, 0.3) is 0 Å². The highest BCUT2D eigenvalue weighted by molar-refractivity contribution is 5.91. The molecule has 0 bridgehead atoms. The van der Waals surface area contributed by atoms with Gasteiger partial charge in [0.05, 0.1) is 0 Å². The predicted molar refractivity (Wildman–Crippen MR) is 94.8 cm³/mol. The Balaban J connectivity index is 2.04. The van der Waals surface area contributed by atoms with Crippen molar-refractivity contribution in [2.45, 2.75) is 58.4 Å². The quantitative estimate of drug-likeness (QED) is 0.867. The van der Waals surface area contributed by atoms with E-state index in [9.17, 15) is 9.90 Å². The van der Waals surface area contributed by atoms with Crippen molar-refractivity contribution in [2.24, 2.45) is 5.92 Å². The summed E-state index contributed by atoms with van der Waals surface area (Å²) >= 11 is 0. The van der Waals surface area contributed by atoms with E-state index in [1.807, 2.05) is 11.9 Å². The lowest BCUT2D eigenvalue weighted by molar-refractivity contribution is 0.139. The van der Waals surface area contributed by atoms with E-state index in [1.54, 1.807) is 0 Å². The molecule has 1 aliphatic carbocycles. The highest BCUT2D eigenvalue weighted by Crippen LogP contribution is 2.28. The van der Waals surface area contributed by atoms with Crippen LogP contribution in [-0.2, 0) is 12.8 Å². The van der Waals surface area contributed by atoms with Crippen LogP contribution in [0.3, 0.4) is 0 Å². The number of amides is 2. The molecule has 0 aliphatic heterocycles. The third-order valence-corrected chi connectivity index (χ3v) is 5.17. The molecule has 1 aliphatic rings. The van der Waals surface area contributed by atoms with Crippen LogP contribution in [0, 0.1) is 5.92 Å². The van der Waals surface area contributed by atoms with Gasteiger partial charge in [-0.25, -0.2) is 4.79 Å². The first kappa shape index (κ1) is 17.8. The first-order valence-corrected chi connectivity index (χ1v) is 8.86. The Morgan fingerprint density at radius 1 is 1.17 bits per heavy atom. The molecule has 0 radical (unpaired) electrons. The number of hydrogen-bond acceptors (Lipinski definition) is 2. The number of carbonyl (C=O) groups is 1. The highest BCUT2D eigenvalue weighted by atomic mass is 16.3. The first-order valence-electron chi connectivity index (χ1n) is 8.86. The fraction of sp³-hybridized carbons (Fsp3) is 0.632. The molecule has 4 heteroatoms. The molecule has 0 spiro atoms. The fourth-order valence-electron chi connectivity index (χ4n) is 3.48. The predicted octanol–water partition coefficient (Wildman–Crippen LogP) is 3.83. The zero-order valence-electron chi connectivity index (χ0n) is 14.6. The van der Waals surface area contributed by atoms with Crippen molar-refractivity contribution in [2.75, 3.05) is 19.0 Å². The molecule has 2 rings (SSSR count). The number of carbonyl (C=O) groups excluding carboxylic acids is 1. The minimum Gasteiger partial charge on any atom is -0.396 e. The third-order valence-electron chi connectivity index (χ3n) is 5.17. The van der Waals surface area contributed by atoms with Gasteiger partial charge in [0, 0.05) is 25.4 Å². The summed E-state index contributed by atoms with van der Waals surface area (Å²) in [4.78, 5) is 14.5. The van der Waals surface area contributed by atoms with Crippen LogP contribution in [0.5, 0.6) is 0 Å². The van der Waals surface area contributed by atoms with Crippen LogP contribution in [0.15, 0.2) is 18.2 Å². The Labute approximate surface area is 139 Å². The summed E-state index contributed by atoms with van der Waals surface area (Å²) in [6.45, 7) is 4.50.